The second-order valence-corrected chi connectivity index (χ2v) is 13.1. The van der Waals surface area contributed by atoms with Crippen molar-refractivity contribution in [2.45, 2.75) is 24.0 Å². The maximum atomic E-state index is 6.31. The number of methoxy groups -OCH3 is 2. The zero-order valence-corrected chi connectivity index (χ0v) is 30.5. The van der Waals surface area contributed by atoms with Crippen molar-refractivity contribution in [3.63, 3.8) is 0 Å². The standard InChI is InChI=1S/C42H46O5S2/c1-43-41(33-48-3,37-21-11-23-39(31-37)46-27-13-19-35-15-7-5-8-16-35)25-29-45-30-26-42(44-2,34-49-4)38-22-12-24-40(32-38)47-28-14-20-36-17-9-6-10-18-36/h5-12,15-18,21-24,31-32H,25-30,33-34H2,1-4H3. The second kappa shape index (κ2) is 20.6. The summed E-state index contributed by atoms with van der Waals surface area (Å²) in [6, 6.07) is 36.1. The van der Waals surface area contributed by atoms with Gasteiger partial charge in [-0.15, -0.1) is 0 Å². The van der Waals surface area contributed by atoms with Crippen LogP contribution in [0.2, 0.25) is 0 Å². The molecule has 0 aromatic heterocycles. The summed E-state index contributed by atoms with van der Waals surface area (Å²) in [5, 5.41) is 0. The van der Waals surface area contributed by atoms with Gasteiger partial charge in [0.2, 0.25) is 0 Å². The fourth-order valence-electron chi connectivity index (χ4n) is 5.50. The monoisotopic (exact) mass is 694 g/mol. The molecule has 0 radical (unpaired) electrons. The minimum absolute atomic E-state index is 0.304. The maximum Gasteiger partial charge on any atom is 0.149 e. The van der Waals surface area contributed by atoms with Gasteiger partial charge in [-0.05, 0) is 72.2 Å². The largest absolute Gasteiger partial charge is 0.481 e. The van der Waals surface area contributed by atoms with E-state index in [1.807, 2.05) is 84.9 Å². The molecule has 0 saturated carbocycles. The first kappa shape index (κ1) is 38.0. The van der Waals surface area contributed by atoms with Gasteiger partial charge >= 0.3 is 0 Å². The molecule has 4 rings (SSSR count). The molecule has 2 atom stereocenters. The second-order valence-electron chi connectivity index (χ2n) is 11.3. The summed E-state index contributed by atoms with van der Waals surface area (Å²) < 4.78 is 30.8. The molecule has 0 spiro atoms. The Morgan fingerprint density at radius 1 is 0.551 bits per heavy atom. The number of hydrogen-bond donors (Lipinski definition) is 0. The number of benzene rings is 4. The molecule has 0 heterocycles. The van der Waals surface area contributed by atoms with E-state index in [1.165, 1.54) is 0 Å². The van der Waals surface area contributed by atoms with E-state index in [9.17, 15) is 0 Å². The van der Waals surface area contributed by atoms with Crippen LogP contribution in [-0.2, 0) is 25.4 Å². The molecular weight excluding hydrogens is 649 g/mol. The number of hydrogen-bond acceptors (Lipinski definition) is 7. The highest BCUT2D eigenvalue weighted by Gasteiger charge is 2.34. The molecule has 4 aromatic carbocycles. The first-order valence-corrected chi connectivity index (χ1v) is 19.1. The van der Waals surface area contributed by atoms with E-state index in [0.717, 1.165) is 45.3 Å². The molecule has 0 aliphatic carbocycles. The van der Waals surface area contributed by atoms with Gasteiger partial charge in [0.25, 0.3) is 0 Å². The molecule has 0 saturated heterocycles. The third-order valence-electron chi connectivity index (χ3n) is 8.19. The Kier molecular flexibility index (Phi) is 16.0. The Morgan fingerprint density at radius 3 is 1.37 bits per heavy atom. The van der Waals surface area contributed by atoms with Crippen LogP contribution in [-0.4, -0.2) is 64.7 Å². The van der Waals surface area contributed by atoms with Crippen LogP contribution in [0.4, 0.5) is 0 Å². The van der Waals surface area contributed by atoms with Crippen LogP contribution in [0.15, 0.2) is 109 Å². The molecule has 0 aliphatic heterocycles. The molecule has 0 aliphatic rings. The van der Waals surface area contributed by atoms with Crippen LogP contribution in [0.5, 0.6) is 11.5 Å². The smallest absolute Gasteiger partial charge is 0.149 e. The third kappa shape index (κ3) is 11.6. The Hall–Kier alpha value is -3.82. The van der Waals surface area contributed by atoms with Gasteiger partial charge in [0.1, 0.15) is 35.9 Å². The lowest BCUT2D eigenvalue weighted by atomic mass is 9.91. The van der Waals surface area contributed by atoms with Crippen molar-refractivity contribution in [1.82, 2.24) is 0 Å². The molecule has 4 aromatic rings. The maximum absolute atomic E-state index is 6.31. The van der Waals surface area contributed by atoms with Crippen LogP contribution >= 0.6 is 23.5 Å². The zero-order chi connectivity index (χ0) is 34.6. The Balaban J connectivity index is 1.35. The summed E-state index contributed by atoms with van der Waals surface area (Å²) in [5.41, 5.74) is 3.00. The minimum atomic E-state index is -0.527. The van der Waals surface area contributed by atoms with E-state index in [1.54, 1.807) is 37.7 Å². The minimum Gasteiger partial charge on any atom is -0.481 e. The summed E-state index contributed by atoms with van der Waals surface area (Å²) in [4.78, 5) is 0. The van der Waals surface area contributed by atoms with Gasteiger partial charge in [-0.3, -0.25) is 0 Å². The van der Waals surface area contributed by atoms with Crippen LogP contribution in [0.25, 0.3) is 0 Å². The first-order valence-electron chi connectivity index (χ1n) is 16.3. The SMILES string of the molecule is COC(CCOCCC(CSC)(OC)c1cccc(OCC#Cc2ccccc2)c1)(CSC)c1cccc(OCC#Cc2ccccc2)c1. The lowest BCUT2D eigenvalue weighted by molar-refractivity contribution is -0.0445. The highest BCUT2D eigenvalue weighted by molar-refractivity contribution is 7.98. The van der Waals surface area contributed by atoms with Gasteiger partial charge in [0.05, 0.1) is 0 Å². The van der Waals surface area contributed by atoms with Crippen LogP contribution in [0.3, 0.4) is 0 Å². The number of thioether (sulfide) groups is 2. The molecule has 0 N–H and O–H groups in total. The van der Waals surface area contributed by atoms with Crippen molar-refractivity contribution >= 4 is 23.5 Å². The Bertz CT molecular complexity index is 1550. The van der Waals surface area contributed by atoms with Gasteiger partial charge in [-0.1, -0.05) is 84.3 Å². The van der Waals surface area contributed by atoms with E-state index < -0.39 is 11.2 Å². The van der Waals surface area contributed by atoms with E-state index in [-0.39, 0.29) is 0 Å². The van der Waals surface area contributed by atoms with Gasteiger partial charge < -0.3 is 23.7 Å². The van der Waals surface area contributed by atoms with Gasteiger partial charge in [0, 0.05) is 62.9 Å². The average Bonchev–Trinajstić information content (AvgIpc) is 3.15. The predicted molar refractivity (Wildman–Crippen MR) is 205 cm³/mol. The Morgan fingerprint density at radius 2 is 0.980 bits per heavy atom. The molecule has 256 valence electrons. The molecule has 7 heteroatoms. The molecule has 0 bridgehead atoms. The summed E-state index contributed by atoms with van der Waals surface area (Å²) in [6.45, 7) is 1.67. The third-order valence-corrected chi connectivity index (χ3v) is 9.70. The van der Waals surface area contributed by atoms with E-state index >= 15 is 0 Å². The van der Waals surface area contributed by atoms with Crippen LogP contribution in [0, 0.1) is 23.7 Å². The highest BCUT2D eigenvalue weighted by Crippen LogP contribution is 2.36. The summed E-state index contributed by atoms with van der Waals surface area (Å²) in [7, 11) is 3.54. The van der Waals surface area contributed by atoms with Crippen molar-refractivity contribution in [3.8, 4) is 35.2 Å². The highest BCUT2D eigenvalue weighted by atomic mass is 32.2. The fourth-order valence-corrected chi connectivity index (χ4v) is 7.29. The molecule has 0 fully saturated rings. The van der Waals surface area contributed by atoms with Crippen LogP contribution < -0.4 is 9.47 Å². The van der Waals surface area contributed by atoms with Crippen molar-refractivity contribution in [1.29, 1.82) is 0 Å². The van der Waals surface area contributed by atoms with Crippen molar-refractivity contribution < 1.29 is 23.7 Å². The summed E-state index contributed by atoms with van der Waals surface area (Å²) >= 11 is 3.50. The number of rotatable bonds is 18. The van der Waals surface area contributed by atoms with Crippen molar-refractivity contribution in [2.75, 3.05) is 64.7 Å². The molecule has 5 nitrogen and oxygen atoms in total. The Labute approximate surface area is 301 Å². The van der Waals surface area contributed by atoms with Gasteiger partial charge in [-0.2, -0.15) is 23.5 Å². The fraction of sp³-hybridized carbons (Fsp3) is 0.333. The topological polar surface area (TPSA) is 46.2 Å². The lowest BCUT2D eigenvalue weighted by Gasteiger charge is -2.34. The molecule has 2 unspecified atom stereocenters. The first-order chi connectivity index (χ1) is 24.1. The molecular formula is C42H46O5S2. The summed E-state index contributed by atoms with van der Waals surface area (Å²) in [5.74, 6) is 15.6. The average molecular weight is 695 g/mol. The van der Waals surface area contributed by atoms with Gasteiger partial charge in [-0.25, -0.2) is 0 Å². The zero-order valence-electron chi connectivity index (χ0n) is 28.9. The van der Waals surface area contributed by atoms with E-state index in [2.05, 4.69) is 60.5 Å². The molecule has 0 amide bonds. The van der Waals surface area contributed by atoms with Crippen molar-refractivity contribution in [2.24, 2.45) is 0 Å². The van der Waals surface area contributed by atoms with Gasteiger partial charge in [0.15, 0.2) is 0 Å². The lowest BCUT2D eigenvalue weighted by Crippen LogP contribution is -2.35. The quantitative estimate of drug-likeness (QED) is 0.0765. The summed E-state index contributed by atoms with van der Waals surface area (Å²) in [6.07, 6.45) is 5.57. The van der Waals surface area contributed by atoms with E-state index in [0.29, 0.717) is 39.3 Å². The molecule has 49 heavy (non-hydrogen) atoms. The van der Waals surface area contributed by atoms with E-state index in [4.69, 9.17) is 23.7 Å². The predicted octanol–water partition coefficient (Wildman–Crippen LogP) is 8.45. The van der Waals surface area contributed by atoms with Crippen molar-refractivity contribution in [3.05, 3.63) is 131 Å². The number of ether oxygens (including phenoxy) is 5. The van der Waals surface area contributed by atoms with Crippen LogP contribution in [0.1, 0.15) is 35.1 Å². The normalized spacial score (nSPS) is 13.1.